The number of methoxy groups -OCH3 is 1. The van der Waals surface area contributed by atoms with Crippen LogP contribution in [-0.4, -0.2) is 36.0 Å². The molecule has 1 aliphatic carbocycles. The number of thiocarbonyl (C=S) groups is 1. The van der Waals surface area contributed by atoms with E-state index in [1.54, 1.807) is 47.8 Å². The quantitative estimate of drug-likeness (QED) is 0.247. The largest absolute Gasteiger partial charge is 0.496 e. The molecule has 1 heterocycles. The Morgan fingerprint density at radius 1 is 1.16 bits per heavy atom. The number of ether oxygens (including phenoxy) is 1. The zero-order chi connectivity index (χ0) is 26.6. The summed E-state index contributed by atoms with van der Waals surface area (Å²) in [5.41, 5.74) is 0.188. The Morgan fingerprint density at radius 2 is 1.92 bits per heavy atom. The number of hydrogen-bond donors (Lipinski definition) is 2. The highest BCUT2D eigenvalue weighted by Gasteiger charge is 2.34. The van der Waals surface area contributed by atoms with Crippen LogP contribution >= 0.6 is 23.8 Å². The third-order valence-electron chi connectivity index (χ3n) is 6.81. The minimum absolute atomic E-state index is 0.0404. The molecule has 1 amide bonds. The van der Waals surface area contributed by atoms with E-state index in [0.29, 0.717) is 39.5 Å². The number of anilines is 1. The summed E-state index contributed by atoms with van der Waals surface area (Å²) in [4.78, 5) is 16.6. The first-order chi connectivity index (χ1) is 17.7. The van der Waals surface area contributed by atoms with Crippen molar-refractivity contribution >= 4 is 51.7 Å². The van der Waals surface area contributed by atoms with Crippen molar-refractivity contribution in [3.8, 4) is 5.75 Å². The van der Waals surface area contributed by atoms with Gasteiger partial charge in [0.25, 0.3) is 5.91 Å². The number of nitrogens with zero attached hydrogens (tertiary/aromatic N) is 1. The van der Waals surface area contributed by atoms with Gasteiger partial charge in [-0.15, -0.1) is 0 Å². The second kappa shape index (κ2) is 11.6. The lowest BCUT2D eigenvalue weighted by Crippen LogP contribution is -2.33. The molecule has 2 N–H and O–H groups in total. The van der Waals surface area contributed by atoms with Crippen molar-refractivity contribution in [2.75, 3.05) is 19.0 Å². The number of hydrogen-bond acceptors (Lipinski definition) is 5. The SMILES string of the molecule is COc1cc(Cl)ccc1C(=O)NCC1CC[C@@H](Nc2cc(C(F)(F)F)nc3ccccc23)CCC1C=S. The van der Waals surface area contributed by atoms with E-state index < -0.39 is 11.9 Å². The van der Waals surface area contributed by atoms with Crippen molar-refractivity contribution in [3.63, 3.8) is 0 Å². The van der Waals surface area contributed by atoms with Gasteiger partial charge >= 0.3 is 6.18 Å². The van der Waals surface area contributed by atoms with Crippen LogP contribution in [0.5, 0.6) is 5.75 Å². The van der Waals surface area contributed by atoms with Crippen LogP contribution in [0.25, 0.3) is 10.9 Å². The summed E-state index contributed by atoms with van der Waals surface area (Å²) in [6, 6.07) is 12.7. The van der Waals surface area contributed by atoms with Crippen LogP contribution in [0.15, 0.2) is 48.5 Å². The summed E-state index contributed by atoms with van der Waals surface area (Å²) in [5.74, 6) is 0.323. The number of pyridine rings is 1. The predicted molar refractivity (Wildman–Crippen MR) is 144 cm³/mol. The zero-order valence-electron chi connectivity index (χ0n) is 20.1. The van der Waals surface area contributed by atoms with E-state index in [-0.39, 0.29) is 23.8 Å². The van der Waals surface area contributed by atoms with Crippen LogP contribution in [-0.2, 0) is 6.18 Å². The molecule has 4 rings (SSSR count). The fraction of sp³-hybridized carbons (Fsp3) is 0.370. The van der Waals surface area contributed by atoms with Gasteiger partial charge in [-0.25, -0.2) is 4.98 Å². The highest BCUT2D eigenvalue weighted by atomic mass is 35.5. The molecule has 3 atom stereocenters. The molecular weight excluding hydrogens is 523 g/mol. The van der Waals surface area contributed by atoms with Gasteiger partial charge in [-0.05, 0) is 73.2 Å². The van der Waals surface area contributed by atoms with E-state index in [4.69, 9.17) is 28.6 Å². The van der Waals surface area contributed by atoms with Gasteiger partial charge in [0.15, 0.2) is 0 Å². The summed E-state index contributed by atoms with van der Waals surface area (Å²) < 4.78 is 45.7. The highest BCUT2D eigenvalue weighted by molar-refractivity contribution is 7.79. The van der Waals surface area contributed by atoms with Gasteiger partial charge in [0.1, 0.15) is 11.4 Å². The van der Waals surface area contributed by atoms with Crippen LogP contribution < -0.4 is 15.4 Å². The highest BCUT2D eigenvalue weighted by Crippen LogP contribution is 2.35. The van der Waals surface area contributed by atoms with Gasteiger partial charge in [0, 0.05) is 28.7 Å². The average molecular weight is 550 g/mol. The maximum absolute atomic E-state index is 13.5. The van der Waals surface area contributed by atoms with Crippen LogP contribution in [0, 0.1) is 11.8 Å². The van der Waals surface area contributed by atoms with Gasteiger partial charge in [-0.2, -0.15) is 13.2 Å². The van der Waals surface area contributed by atoms with Crippen molar-refractivity contribution in [1.29, 1.82) is 0 Å². The first kappa shape index (κ1) is 27.1. The second-order valence-electron chi connectivity index (χ2n) is 9.18. The summed E-state index contributed by atoms with van der Waals surface area (Å²) in [5, 5.41) is 9.19. The number of para-hydroxylation sites is 1. The van der Waals surface area contributed by atoms with E-state index in [9.17, 15) is 18.0 Å². The Labute approximate surface area is 223 Å². The van der Waals surface area contributed by atoms with E-state index in [1.165, 1.54) is 7.11 Å². The standard InChI is InChI=1S/C27H27ClF3N3O2S/c1-36-24-12-18(28)8-11-21(24)26(35)32-14-16-6-9-19(10-7-17(16)15-37)33-23-13-25(27(29,30)31)34-22-5-3-2-4-20(22)23/h2-5,8,11-13,15-17,19H,6-7,9-10,14H2,1H3,(H,32,35)(H,33,34)/t16?,17?,19-/m1/s1. The number of carbonyl (C=O) groups is 1. The van der Waals surface area contributed by atoms with E-state index in [0.717, 1.165) is 31.7 Å². The molecule has 2 unspecified atom stereocenters. The van der Waals surface area contributed by atoms with Crippen LogP contribution in [0.1, 0.15) is 41.7 Å². The van der Waals surface area contributed by atoms with Gasteiger partial charge in [0.05, 0.1) is 18.2 Å². The van der Waals surface area contributed by atoms with E-state index >= 15 is 0 Å². The third kappa shape index (κ3) is 6.51. The van der Waals surface area contributed by atoms with Crippen molar-refractivity contribution in [1.82, 2.24) is 10.3 Å². The number of amides is 1. The predicted octanol–water partition coefficient (Wildman–Crippen LogP) is 6.93. The lowest BCUT2D eigenvalue weighted by atomic mass is 9.89. The Bertz CT molecular complexity index is 1290. The average Bonchev–Trinajstić information content (AvgIpc) is 3.08. The van der Waals surface area contributed by atoms with Gasteiger partial charge in [-0.3, -0.25) is 4.79 Å². The lowest BCUT2D eigenvalue weighted by molar-refractivity contribution is -0.140. The molecule has 2 aromatic carbocycles. The van der Waals surface area contributed by atoms with Gasteiger partial charge in [-0.1, -0.05) is 42.0 Å². The molecule has 1 saturated carbocycles. The van der Waals surface area contributed by atoms with E-state index in [1.807, 2.05) is 0 Å². The Balaban J connectivity index is 1.46. The lowest BCUT2D eigenvalue weighted by Gasteiger charge is -2.22. The number of aromatic nitrogens is 1. The zero-order valence-corrected chi connectivity index (χ0v) is 21.7. The summed E-state index contributed by atoms with van der Waals surface area (Å²) in [6.07, 6.45) is -1.56. The number of nitrogens with one attached hydrogen (secondary N) is 2. The summed E-state index contributed by atoms with van der Waals surface area (Å²) in [6.45, 7) is 0.422. The molecule has 3 aromatic rings. The maximum Gasteiger partial charge on any atom is 0.433 e. The number of alkyl halides is 3. The number of halogens is 4. The molecule has 0 saturated heterocycles. The molecule has 1 aliphatic rings. The minimum Gasteiger partial charge on any atom is -0.496 e. The van der Waals surface area contributed by atoms with Crippen LogP contribution in [0.2, 0.25) is 5.02 Å². The number of rotatable bonds is 7. The molecule has 10 heteroatoms. The summed E-state index contributed by atoms with van der Waals surface area (Å²) in [7, 11) is 1.48. The maximum atomic E-state index is 13.5. The van der Waals surface area contributed by atoms with Crippen molar-refractivity contribution in [2.45, 2.75) is 37.9 Å². The molecule has 5 nitrogen and oxygen atoms in total. The van der Waals surface area contributed by atoms with Crippen molar-refractivity contribution in [3.05, 3.63) is 64.8 Å². The van der Waals surface area contributed by atoms with E-state index in [2.05, 4.69) is 15.6 Å². The smallest absolute Gasteiger partial charge is 0.433 e. The first-order valence-electron chi connectivity index (χ1n) is 12.0. The third-order valence-corrected chi connectivity index (χ3v) is 7.40. The molecule has 0 aliphatic heterocycles. The van der Waals surface area contributed by atoms with Crippen LogP contribution in [0.3, 0.4) is 0 Å². The fourth-order valence-electron chi connectivity index (χ4n) is 4.81. The van der Waals surface area contributed by atoms with Gasteiger partial charge in [0.2, 0.25) is 0 Å². The Hall–Kier alpha value is -2.91. The first-order valence-corrected chi connectivity index (χ1v) is 12.8. The summed E-state index contributed by atoms with van der Waals surface area (Å²) >= 11 is 11.3. The molecule has 196 valence electrons. The number of fused-ring (bicyclic) bond motifs is 1. The van der Waals surface area contributed by atoms with Crippen LogP contribution in [0.4, 0.5) is 18.9 Å². The van der Waals surface area contributed by atoms with Crippen molar-refractivity contribution in [2.24, 2.45) is 11.8 Å². The second-order valence-corrected chi connectivity index (χ2v) is 9.89. The molecular formula is C27H27ClF3N3O2S. The van der Waals surface area contributed by atoms with Gasteiger partial charge < -0.3 is 15.4 Å². The number of carbonyl (C=O) groups excluding carboxylic acids is 1. The van der Waals surface area contributed by atoms with Crippen molar-refractivity contribution < 1.29 is 22.7 Å². The molecule has 0 radical (unpaired) electrons. The molecule has 37 heavy (non-hydrogen) atoms. The molecule has 1 fully saturated rings. The Kier molecular flexibility index (Phi) is 8.54. The topological polar surface area (TPSA) is 63.2 Å². The number of benzene rings is 2. The normalized spacial score (nSPS) is 20.2. The molecule has 1 aromatic heterocycles. The minimum atomic E-state index is -4.54. The molecule has 0 spiro atoms. The molecule has 0 bridgehead atoms. The monoisotopic (exact) mass is 549 g/mol. The Morgan fingerprint density at radius 3 is 2.65 bits per heavy atom. The fourth-order valence-corrected chi connectivity index (χ4v) is 5.33.